The van der Waals surface area contributed by atoms with Gasteiger partial charge in [-0.15, -0.1) is 0 Å². The minimum absolute atomic E-state index is 0.0312. The Hall–Kier alpha value is -5.20. The number of fused-ring (bicyclic) bond motifs is 1. The van der Waals surface area contributed by atoms with Gasteiger partial charge in [-0.3, -0.25) is 9.52 Å². The van der Waals surface area contributed by atoms with E-state index in [0.717, 1.165) is 5.56 Å². The second-order valence-electron chi connectivity index (χ2n) is 9.65. The quantitative estimate of drug-likeness (QED) is 0.171. The van der Waals surface area contributed by atoms with Gasteiger partial charge in [0, 0.05) is 29.6 Å². The molecule has 1 aromatic heterocycles. The molecular weight excluding hydrogens is 568 g/mol. The van der Waals surface area contributed by atoms with Gasteiger partial charge in [0.25, 0.3) is 10.0 Å². The highest BCUT2D eigenvalue weighted by Gasteiger charge is 2.21. The third-order valence-corrected chi connectivity index (χ3v) is 7.88. The highest BCUT2D eigenvalue weighted by molar-refractivity contribution is 7.92. The van der Waals surface area contributed by atoms with E-state index in [1.165, 1.54) is 32.4 Å². The molecule has 220 valence electrons. The molecule has 0 saturated heterocycles. The molecule has 12 heteroatoms. The van der Waals surface area contributed by atoms with Crippen molar-refractivity contribution >= 4 is 50.0 Å². The molecule has 1 heterocycles. The number of ether oxygens (including phenoxy) is 2. The zero-order chi connectivity index (χ0) is 30.6. The molecule has 0 aliphatic rings. The van der Waals surface area contributed by atoms with Gasteiger partial charge in [0.15, 0.2) is 11.6 Å². The van der Waals surface area contributed by atoms with Crippen molar-refractivity contribution in [1.29, 1.82) is 0 Å². The molecule has 0 aliphatic heterocycles. The molecule has 5 N–H and O–H groups in total. The first-order chi connectivity index (χ1) is 20.6. The topological polar surface area (TPSA) is 158 Å². The van der Waals surface area contributed by atoms with Crippen LogP contribution in [0.5, 0.6) is 11.5 Å². The third-order valence-electron chi connectivity index (χ3n) is 6.55. The molecule has 0 bridgehead atoms. The second kappa shape index (κ2) is 12.3. The van der Waals surface area contributed by atoms with Crippen molar-refractivity contribution in [3.8, 4) is 11.5 Å². The summed E-state index contributed by atoms with van der Waals surface area (Å²) in [5, 5.41) is 5.83. The number of nitrogens with two attached hydrogens (primary N) is 1. The first-order valence-electron chi connectivity index (χ1n) is 13.2. The largest absolute Gasteiger partial charge is 0.497 e. The first-order valence-corrected chi connectivity index (χ1v) is 14.7. The fraction of sp³-hybridized carbons (Fsp3) is 0.129. The Kier molecular flexibility index (Phi) is 8.41. The van der Waals surface area contributed by atoms with E-state index >= 15 is 0 Å². The van der Waals surface area contributed by atoms with Gasteiger partial charge >= 0.3 is 0 Å². The number of amides is 1. The van der Waals surface area contributed by atoms with Gasteiger partial charge in [0.1, 0.15) is 17.5 Å². The van der Waals surface area contributed by atoms with Gasteiger partial charge in [-0.05, 0) is 42.8 Å². The predicted molar refractivity (Wildman–Crippen MR) is 166 cm³/mol. The van der Waals surface area contributed by atoms with Crippen LogP contribution in [0.15, 0.2) is 95.9 Å². The number of methoxy groups -OCH3 is 2. The standard InChI is InChI=1S/C31H30N6O5S/c1-19-11-13-20(14-12-19)28(32)31(38)34-21-7-6-8-25(17-21)43(39,40)37-30-29(35-26-9-4-5-10-27(26)36-30)33-22-15-23(41-2)18-24(16-22)42-3/h4-18,28H,32H2,1-3H3,(H,33,35)(H,34,38)(H,36,37). The van der Waals surface area contributed by atoms with Crippen molar-refractivity contribution in [2.45, 2.75) is 17.9 Å². The summed E-state index contributed by atoms with van der Waals surface area (Å²) < 4.78 is 40.4. The van der Waals surface area contributed by atoms with Crippen LogP contribution >= 0.6 is 0 Å². The molecule has 0 radical (unpaired) electrons. The van der Waals surface area contributed by atoms with Crippen molar-refractivity contribution in [1.82, 2.24) is 9.97 Å². The Bertz CT molecular complexity index is 1880. The van der Waals surface area contributed by atoms with Gasteiger partial charge in [-0.1, -0.05) is 48.0 Å². The lowest BCUT2D eigenvalue weighted by molar-refractivity contribution is -0.117. The molecule has 4 aromatic carbocycles. The number of nitrogens with one attached hydrogen (secondary N) is 3. The number of rotatable bonds is 10. The third kappa shape index (κ3) is 6.83. The summed E-state index contributed by atoms with van der Waals surface area (Å²) >= 11 is 0. The molecule has 5 rings (SSSR count). The van der Waals surface area contributed by atoms with Gasteiger partial charge < -0.3 is 25.8 Å². The smallest absolute Gasteiger partial charge is 0.263 e. The molecule has 0 fully saturated rings. The summed E-state index contributed by atoms with van der Waals surface area (Å²) in [6, 6.07) is 24.4. The molecule has 43 heavy (non-hydrogen) atoms. The lowest BCUT2D eigenvalue weighted by Crippen LogP contribution is -2.27. The van der Waals surface area contributed by atoms with Crippen LogP contribution < -0.4 is 30.6 Å². The van der Waals surface area contributed by atoms with E-state index in [-0.39, 0.29) is 22.2 Å². The van der Waals surface area contributed by atoms with Crippen LogP contribution in [-0.4, -0.2) is 38.5 Å². The van der Waals surface area contributed by atoms with E-state index in [1.54, 1.807) is 54.6 Å². The summed E-state index contributed by atoms with van der Waals surface area (Å²) in [5.74, 6) is 0.701. The Morgan fingerprint density at radius 1 is 0.791 bits per heavy atom. The number of para-hydroxylation sites is 2. The maximum Gasteiger partial charge on any atom is 0.263 e. The SMILES string of the molecule is COc1cc(Nc2nc3ccccc3nc2NS(=O)(=O)c2cccc(NC(=O)C(N)c3ccc(C)cc3)c2)cc(OC)c1. The fourth-order valence-corrected chi connectivity index (χ4v) is 5.30. The number of nitrogens with zero attached hydrogens (tertiary/aromatic N) is 2. The molecule has 0 saturated carbocycles. The lowest BCUT2D eigenvalue weighted by atomic mass is 10.1. The second-order valence-corrected chi connectivity index (χ2v) is 11.3. The number of aryl methyl sites for hydroxylation is 1. The minimum Gasteiger partial charge on any atom is -0.497 e. The average molecular weight is 599 g/mol. The number of aromatic nitrogens is 2. The van der Waals surface area contributed by atoms with Gasteiger partial charge in [0.05, 0.1) is 30.1 Å². The summed E-state index contributed by atoms with van der Waals surface area (Å²) in [6.07, 6.45) is 0. The zero-order valence-electron chi connectivity index (χ0n) is 23.7. The van der Waals surface area contributed by atoms with Crippen LogP contribution in [-0.2, 0) is 14.8 Å². The number of anilines is 4. The van der Waals surface area contributed by atoms with Crippen molar-refractivity contribution in [2.75, 3.05) is 29.6 Å². The van der Waals surface area contributed by atoms with Gasteiger partial charge in [-0.2, -0.15) is 0 Å². The molecular formula is C31H30N6O5S. The molecule has 0 spiro atoms. The molecule has 11 nitrogen and oxygen atoms in total. The number of sulfonamides is 1. The maximum atomic E-state index is 13.6. The first kappa shape index (κ1) is 29.3. The van der Waals surface area contributed by atoms with Gasteiger partial charge in [0.2, 0.25) is 5.91 Å². The van der Waals surface area contributed by atoms with E-state index in [4.69, 9.17) is 15.2 Å². The minimum atomic E-state index is -4.18. The zero-order valence-corrected chi connectivity index (χ0v) is 24.5. The molecule has 1 unspecified atom stereocenters. The molecule has 1 atom stereocenters. The van der Waals surface area contributed by atoms with Crippen LogP contribution in [0, 0.1) is 6.92 Å². The van der Waals surface area contributed by atoms with E-state index < -0.39 is 22.0 Å². The van der Waals surface area contributed by atoms with Crippen LogP contribution in [0.3, 0.4) is 0 Å². The fourth-order valence-electron chi connectivity index (χ4n) is 4.25. The highest BCUT2D eigenvalue weighted by Crippen LogP contribution is 2.31. The number of carbonyl (C=O) groups is 1. The Morgan fingerprint density at radius 2 is 1.42 bits per heavy atom. The number of benzene rings is 4. The predicted octanol–water partition coefficient (Wildman–Crippen LogP) is 5.14. The van der Waals surface area contributed by atoms with Crippen LogP contribution in [0.4, 0.5) is 23.0 Å². The summed E-state index contributed by atoms with van der Waals surface area (Å²) in [7, 11) is -1.13. The van der Waals surface area contributed by atoms with E-state index in [2.05, 4.69) is 25.3 Å². The van der Waals surface area contributed by atoms with Crippen LogP contribution in [0.1, 0.15) is 17.2 Å². The Labute approximate surface area is 249 Å². The summed E-state index contributed by atoms with van der Waals surface area (Å²) in [6.45, 7) is 1.94. The van der Waals surface area contributed by atoms with Crippen molar-refractivity contribution < 1.29 is 22.7 Å². The van der Waals surface area contributed by atoms with Crippen LogP contribution in [0.25, 0.3) is 11.0 Å². The normalized spacial score (nSPS) is 11.9. The monoisotopic (exact) mass is 598 g/mol. The summed E-state index contributed by atoms with van der Waals surface area (Å²) in [5.41, 5.74) is 9.66. The van der Waals surface area contributed by atoms with Gasteiger partial charge in [-0.25, -0.2) is 18.4 Å². The number of hydrogen-bond acceptors (Lipinski definition) is 9. The van der Waals surface area contributed by atoms with E-state index in [9.17, 15) is 13.2 Å². The Morgan fingerprint density at radius 3 is 2.05 bits per heavy atom. The molecule has 0 aliphatic carbocycles. The van der Waals surface area contributed by atoms with Crippen molar-refractivity contribution in [3.05, 3.63) is 102 Å². The van der Waals surface area contributed by atoms with E-state index in [0.29, 0.717) is 33.8 Å². The summed E-state index contributed by atoms with van der Waals surface area (Å²) in [4.78, 5) is 21.9. The van der Waals surface area contributed by atoms with Crippen molar-refractivity contribution in [2.24, 2.45) is 5.73 Å². The van der Waals surface area contributed by atoms with E-state index in [1.807, 2.05) is 25.1 Å². The molecule has 5 aromatic rings. The lowest BCUT2D eigenvalue weighted by Gasteiger charge is -2.16. The van der Waals surface area contributed by atoms with Crippen LogP contribution in [0.2, 0.25) is 0 Å². The average Bonchev–Trinajstić information content (AvgIpc) is 3.01. The highest BCUT2D eigenvalue weighted by atomic mass is 32.2. The number of hydrogen-bond donors (Lipinski definition) is 4. The maximum absolute atomic E-state index is 13.6. The Balaban J connectivity index is 1.43. The molecule has 1 amide bonds. The van der Waals surface area contributed by atoms with Crippen molar-refractivity contribution in [3.63, 3.8) is 0 Å². The number of carbonyl (C=O) groups excluding carboxylic acids is 1.